The van der Waals surface area contributed by atoms with Crippen molar-refractivity contribution in [1.29, 1.82) is 0 Å². The van der Waals surface area contributed by atoms with Gasteiger partial charge in [-0.2, -0.15) is 0 Å². The minimum absolute atomic E-state index is 0.0525. The third-order valence-electron chi connectivity index (χ3n) is 3.60. The van der Waals surface area contributed by atoms with Crippen LogP contribution in [0.4, 0.5) is 0 Å². The number of hydrogen-bond donors (Lipinski definition) is 1. The van der Waals surface area contributed by atoms with Gasteiger partial charge >= 0.3 is 0 Å². The van der Waals surface area contributed by atoms with Crippen LogP contribution in [0.25, 0.3) is 6.08 Å². The highest BCUT2D eigenvalue weighted by atomic mass is 16.7. The number of nitrogens with zero attached hydrogens (tertiary/aromatic N) is 1. The van der Waals surface area contributed by atoms with Gasteiger partial charge in [0.15, 0.2) is 11.5 Å². The highest BCUT2D eigenvalue weighted by Gasteiger charge is 2.21. The topological polar surface area (TPSA) is 50.8 Å². The number of benzene rings is 1. The molecular formula is C15H18N2O3. The lowest BCUT2D eigenvalue weighted by Gasteiger charge is -2.33. The van der Waals surface area contributed by atoms with Gasteiger partial charge in [-0.15, -0.1) is 0 Å². The summed E-state index contributed by atoms with van der Waals surface area (Å²) < 4.78 is 10.6. The normalized spacial score (nSPS) is 21.4. The van der Waals surface area contributed by atoms with E-state index in [4.69, 9.17) is 9.47 Å². The molecule has 1 N–H and O–H groups in total. The Hall–Kier alpha value is -2.01. The fraction of sp³-hybridized carbons (Fsp3) is 0.400. The molecule has 106 valence electrons. The second-order valence-corrected chi connectivity index (χ2v) is 5.03. The standard InChI is InChI=1S/C15H18N2O3/c1-11-9-16-6-7-17(11)15(18)5-3-12-2-4-13-14(8-12)20-10-19-13/h2-5,8,11,16H,6-7,9-10H2,1H3. The number of piperazine rings is 1. The maximum Gasteiger partial charge on any atom is 0.246 e. The second-order valence-electron chi connectivity index (χ2n) is 5.03. The Balaban J connectivity index is 1.68. The molecule has 1 aromatic carbocycles. The molecule has 1 amide bonds. The molecule has 1 atom stereocenters. The molecule has 3 rings (SSSR count). The number of ether oxygens (including phenoxy) is 2. The maximum absolute atomic E-state index is 12.2. The molecule has 2 aliphatic heterocycles. The number of hydrogen-bond acceptors (Lipinski definition) is 4. The van der Waals surface area contributed by atoms with Crippen molar-refractivity contribution in [3.63, 3.8) is 0 Å². The molecule has 1 aromatic rings. The first-order chi connectivity index (χ1) is 9.74. The average molecular weight is 274 g/mol. The number of nitrogens with one attached hydrogen (secondary N) is 1. The lowest BCUT2D eigenvalue weighted by Crippen LogP contribution is -2.51. The predicted molar refractivity (Wildman–Crippen MR) is 75.6 cm³/mol. The summed E-state index contributed by atoms with van der Waals surface area (Å²) in [6, 6.07) is 5.89. The molecule has 0 radical (unpaired) electrons. The van der Waals surface area contributed by atoms with Crippen molar-refractivity contribution < 1.29 is 14.3 Å². The summed E-state index contributed by atoms with van der Waals surface area (Å²) in [6.07, 6.45) is 3.44. The largest absolute Gasteiger partial charge is 0.454 e. The molecule has 2 aliphatic rings. The van der Waals surface area contributed by atoms with Crippen LogP contribution in [-0.4, -0.2) is 43.3 Å². The van der Waals surface area contributed by atoms with Gasteiger partial charge in [-0.3, -0.25) is 4.79 Å². The first kappa shape index (κ1) is 13.0. The van der Waals surface area contributed by atoms with Gasteiger partial charge in [0.2, 0.25) is 12.7 Å². The molecule has 0 aromatic heterocycles. The van der Waals surface area contributed by atoms with Gasteiger partial charge < -0.3 is 19.7 Å². The van der Waals surface area contributed by atoms with E-state index in [2.05, 4.69) is 12.2 Å². The minimum atomic E-state index is 0.0525. The molecule has 1 unspecified atom stereocenters. The molecule has 0 bridgehead atoms. The van der Waals surface area contributed by atoms with E-state index in [0.717, 1.165) is 36.7 Å². The van der Waals surface area contributed by atoms with Crippen LogP contribution < -0.4 is 14.8 Å². The number of fused-ring (bicyclic) bond motifs is 1. The van der Waals surface area contributed by atoms with Gasteiger partial charge in [0, 0.05) is 31.8 Å². The van der Waals surface area contributed by atoms with Crippen molar-refractivity contribution in [2.75, 3.05) is 26.4 Å². The van der Waals surface area contributed by atoms with E-state index >= 15 is 0 Å². The second kappa shape index (κ2) is 5.54. The smallest absolute Gasteiger partial charge is 0.246 e. The monoisotopic (exact) mass is 274 g/mol. The van der Waals surface area contributed by atoms with E-state index in [1.54, 1.807) is 6.08 Å². The highest BCUT2D eigenvalue weighted by Crippen LogP contribution is 2.32. The molecule has 20 heavy (non-hydrogen) atoms. The van der Waals surface area contributed by atoms with Crippen molar-refractivity contribution in [1.82, 2.24) is 10.2 Å². The van der Waals surface area contributed by atoms with Crippen molar-refractivity contribution in [3.05, 3.63) is 29.8 Å². The highest BCUT2D eigenvalue weighted by molar-refractivity contribution is 5.92. The summed E-state index contributed by atoms with van der Waals surface area (Å²) in [5, 5.41) is 3.27. The third kappa shape index (κ3) is 2.63. The van der Waals surface area contributed by atoms with E-state index in [1.807, 2.05) is 29.2 Å². The van der Waals surface area contributed by atoms with Crippen molar-refractivity contribution in [2.45, 2.75) is 13.0 Å². The van der Waals surface area contributed by atoms with Crippen LogP contribution >= 0.6 is 0 Å². The Labute approximate surface area is 118 Å². The van der Waals surface area contributed by atoms with E-state index < -0.39 is 0 Å². The number of carbonyl (C=O) groups excluding carboxylic acids is 1. The third-order valence-corrected chi connectivity index (χ3v) is 3.60. The van der Waals surface area contributed by atoms with E-state index in [-0.39, 0.29) is 18.7 Å². The number of carbonyl (C=O) groups is 1. The lowest BCUT2D eigenvalue weighted by molar-refractivity contribution is -0.128. The molecule has 0 saturated carbocycles. The van der Waals surface area contributed by atoms with Gasteiger partial charge in [-0.05, 0) is 30.7 Å². The minimum Gasteiger partial charge on any atom is -0.454 e. The van der Waals surface area contributed by atoms with Crippen LogP contribution in [0, 0.1) is 0 Å². The fourth-order valence-corrected chi connectivity index (χ4v) is 2.45. The van der Waals surface area contributed by atoms with Gasteiger partial charge in [0.05, 0.1) is 0 Å². The molecule has 1 saturated heterocycles. The van der Waals surface area contributed by atoms with Crippen LogP contribution in [-0.2, 0) is 4.79 Å². The Morgan fingerprint density at radius 3 is 3.10 bits per heavy atom. The zero-order chi connectivity index (χ0) is 13.9. The van der Waals surface area contributed by atoms with Crippen molar-refractivity contribution in [3.8, 4) is 11.5 Å². The summed E-state index contributed by atoms with van der Waals surface area (Å²) in [6.45, 7) is 4.78. The van der Waals surface area contributed by atoms with Crippen molar-refractivity contribution >= 4 is 12.0 Å². The molecule has 5 nitrogen and oxygen atoms in total. The molecule has 5 heteroatoms. The van der Waals surface area contributed by atoms with Gasteiger partial charge in [0.1, 0.15) is 0 Å². The first-order valence-corrected chi connectivity index (χ1v) is 6.83. The Morgan fingerprint density at radius 1 is 1.40 bits per heavy atom. The number of amides is 1. The quantitative estimate of drug-likeness (QED) is 0.825. The predicted octanol–water partition coefficient (Wildman–Crippen LogP) is 1.25. The number of rotatable bonds is 2. The van der Waals surface area contributed by atoms with E-state index in [1.165, 1.54) is 0 Å². The SMILES string of the molecule is CC1CNCCN1C(=O)C=Cc1ccc2c(c1)OCO2. The summed E-state index contributed by atoms with van der Waals surface area (Å²) in [5.41, 5.74) is 0.936. The Bertz CT molecular complexity index is 542. The zero-order valence-corrected chi connectivity index (χ0v) is 11.5. The molecule has 0 spiro atoms. The molecule has 0 aliphatic carbocycles. The van der Waals surface area contributed by atoms with Gasteiger partial charge in [0.25, 0.3) is 0 Å². The maximum atomic E-state index is 12.2. The van der Waals surface area contributed by atoms with E-state index in [9.17, 15) is 4.79 Å². The average Bonchev–Trinajstić information content (AvgIpc) is 2.92. The summed E-state index contributed by atoms with van der Waals surface area (Å²) in [5.74, 6) is 1.54. The molecular weight excluding hydrogens is 256 g/mol. The fourth-order valence-electron chi connectivity index (χ4n) is 2.45. The summed E-state index contributed by atoms with van der Waals surface area (Å²) >= 11 is 0. The van der Waals surface area contributed by atoms with Crippen LogP contribution in [0.1, 0.15) is 12.5 Å². The van der Waals surface area contributed by atoms with Crippen LogP contribution in [0.5, 0.6) is 11.5 Å². The lowest BCUT2D eigenvalue weighted by atomic mass is 10.1. The zero-order valence-electron chi connectivity index (χ0n) is 11.5. The van der Waals surface area contributed by atoms with E-state index in [0.29, 0.717) is 0 Å². The van der Waals surface area contributed by atoms with Crippen LogP contribution in [0.3, 0.4) is 0 Å². The van der Waals surface area contributed by atoms with Gasteiger partial charge in [-0.25, -0.2) is 0 Å². The first-order valence-electron chi connectivity index (χ1n) is 6.83. The van der Waals surface area contributed by atoms with Crippen molar-refractivity contribution in [2.24, 2.45) is 0 Å². The van der Waals surface area contributed by atoms with Crippen LogP contribution in [0.2, 0.25) is 0 Å². The Kier molecular flexibility index (Phi) is 3.60. The van der Waals surface area contributed by atoms with Crippen LogP contribution in [0.15, 0.2) is 24.3 Å². The Morgan fingerprint density at radius 2 is 2.25 bits per heavy atom. The van der Waals surface area contributed by atoms with Gasteiger partial charge in [-0.1, -0.05) is 6.07 Å². The summed E-state index contributed by atoms with van der Waals surface area (Å²) in [4.78, 5) is 14.1. The molecule has 2 heterocycles. The summed E-state index contributed by atoms with van der Waals surface area (Å²) in [7, 11) is 0. The molecule has 1 fully saturated rings.